The van der Waals surface area contributed by atoms with Crippen molar-refractivity contribution in [1.82, 2.24) is 15.0 Å². The second kappa shape index (κ2) is 12.6. The lowest BCUT2D eigenvalue weighted by Crippen LogP contribution is -1.96. The van der Waals surface area contributed by atoms with Gasteiger partial charge in [0.2, 0.25) is 0 Å². The summed E-state index contributed by atoms with van der Waals surface area (Å²) in [4.78, 5) is 15.7. The quantitative estimate of drug-likeness (QED) is 0.168. The first-order chi connectivity index (χ1) is 27.3. The molecular formula is C51H31N3O. The van der Waals surface area contributed by atoms with E-state index >= 15 is 0 Å². The molecule has 3 aromatic heterocycles. The van der Waals surface area contributed by atoms with Crippen LogP contribution in [0.4, 0.5) is 0 Å². The molecule has 8 aromatic carbocycles. The van der Waals surface area contributed by atoms with Gasteiger partial charge in [0.1, 0.15) is 11.2 Å². The maximum absolute atomic E-state index is 6.87. The normalized spacial score (nSPS) is 11.6. The molecule has 55 heavy (non-hydrogen) atoms. The van der Waals surface area contributed by atoms with Crippen molar-refractivity contribution in [2.45, 2.75) is 0 Å². The fourth-order valence-corrected chi connectivity index (χ4v) is 8.11. The number of para-hydroxylation sites is 1. The van der Waals surface area contributed by atoms with Crippen molar-refractivity contribution in [2.24, 2.45) is 0 Å². The fraction of sp³-hybridized carbons (Fsp3) is 0. The Kier molecular flexibility index (Phi) is 7.14. The molecule has 0 spiro atoms. The summed E-state index contributed by atoms with van der Waals surface area (Å²) in [6, 6.07) is 65.4. The predicted molar refractivity (Wildman–Crippen MR) is 227 cm³/mol. The van der Waals surface area contributed by atoms with E-state index < -0.39 is 0 Å². The van der Waals surface area contributed by atoms with Gasteiger partial charge in [0.15, 0.2) is 5.82 Å². The Labute approximate surface area is 317 Å². The van der Waals surface area contributed by atoms with Crippen LogP contribution in [-0.4, -0.2) is 15.0 Å². The molecule has 0 radical (unpaired) electrons. The Morgan fingerprint density at radius 3 is 1.73 bits per heavy atom. The van der Waals surface area contributed by atoms with Gasteiger partial charge in [0, 0.05) is 27.6 Å². The van der Waals surface area contributed by atoms with E-state index in [9.17, 15) is 0 Å². The minimum atomic E-state index is 0.654. The average molecular weight is 702 g/mol. The highest BCUT2D eigenvalue weighted by atomic mass is 16.3. The highest BCUT2D eigenvalue weighted by Gasteiger charge is 2.22. The van der Waals surface area contributed by atoms with Crippen LogP contribution >= 0.6 is 0 Å². The first-order valence-electron chi connectivity index (χ1n) is 18.5. The zero-order chi connectivity index (χ0) is 36.3. The van der Waals surface area contributed by atoms with E-state index in [2.05, 4.69) is 140 Å². The Morgan fingerprint density at radius 2 is 0.964 bits per heavy atom. The van der Waals surface area contributed by atoms with E-state index in [4.69, 9.17) is 19.4 Å². The molecule has 0 bridgehead atoms. The smallest absolute Gasteiger partial charge is 0.160 e. The predicted octanol–water partition coefficient (Wildman–Crippen LogP) is 13.6. The molecule has 0 saturated heterocycles. The fourth-order valence-electron chi connectivity index (χ4n) is 8.11. The first-order valence-corrected chi connectivity index (χ1v) is 18.5. The van der Waals surface area contributed by atoms with Gasteiger partial charge in [-0.25, -0.2) is 15.0 Å². The summed E-state index contributed by atoms with van der Waals surface area (Å²) in [6.45, 7) is 0. The summed E-state index contributed by atoms with van der Waals surface area (Å²) >= 11 is 0. The van der Waals surface area contributed by atoms with Gasteiger partial charge >= 0.3 is 0 Å². The number of pyridine rings is 1. The molecule has 0 amide bonds. The first kappa shape index (κ1) is 31.1. The maximum Gasteiger partial charge on any atom is 0.160 e. The van der Waals surface area contributed by atoms with Crippen LogP contribution in [0.25, 0.3) is 111 Å². The minimum absolute atomic E-state index is 0.654. The molecule has 0 atom stereocenters. The van der Waals surface area contributed by atoms with E-state index in [1.54, 1.807) is 0 Å². The van der Waals surface area contributed by atoms with Crippen molar-refractivity contribution in [3.63, 3.8) is 0 Å². The Morgan fingerprint density at radius 1 is 0.364 bits per heavy atom. The summed E-state index contributed by atoms with van der Waals surface area (Å²) in [6.07, 6.45) is 0. The molecule has 11 rings (SSSR count). The molecule has 0 fully saturated rings. The van der Waals surface area contributed by atoms with Gasteiger partial charge in [0.25, 0.3) is 0 Å². The summed E-state index contributed by atoms with van der Waals surface area (Å²) in [5, 5.41) is 7.88. The largest absolute Gasteiger partial charge is 0.455 e. The zero-order valence-electron chi connectivity index (χ0n) is 29.6. The van der Waals surface area contributed by atoms with Crippen LogP contribution in [0, 0.1) is 0 Å². The highest BCUT2D eigenvalue weighted by molar-refractivity contribution is 6.24. The SMILES string of the molecule is c1ccc(-c2cc(-c3ccccc3)nc(-c3cccc(-c4nc5cccc(-c6cc7ccccc7c7ccccc67)c5c5oc6ccccc6c45)c3)n2)cc1. The van der Waals surface area contributed by atoms with Gasteiger partial charge in [-0.2, -0.15) is 0 Å². The second-order valence-electron chi connectivity index (χ2n) is 13.9. The molecule has 0 N–H and O–H groups in total. The zero-order valence-corrected chi connectivity index (χ0v) is 29.6. The van der Waals surface area contributed by atoms with E-state index in [1.807, 2.05) is 48.5 Å². The Hall–Kier alpha value is -7.43. The van der Waals surface area contributed by atoms with Crippen LogP contribution in [0.1, 0.15) is 0 Å². The van der Waals surface area contributed by atoms with Gasteiger partial charge < -0.3 is 4.42 Å². The average Bonchev–Trinajstić information content (AvgIpc) is 3.66. The Balaban J connectivity index is 1.15. The third-order valence-corrected chi connectivity index (χ3v) is 10.7. The topological polar surface area (TPSA) is 51.8 Å². The van der Waals surface area contributed by atoms with Gasteiger partial charge in [0.05, 0.1) is 33.4 Å². The summed E-state index contributed by atoms with van der Waals surface area (Å²) < 4.78 is 6.87. The number of furan rings is 1. The van der Waals surface area contributed by atoms with E-state index in [0.717, 1.165) is 83.3 Å². The molecule has 256 valence electrons. The number of fused-ring (bicyclic) bond motifs is 8. The molecule has 11 aromatic rings. The number of rotatable bonds is 5. The van der Waals surface area contributed by atoms with Crippen molar-refractivity contribution in [2.75, 3.05) is 0 Å². The van der Waals surface area contributed by atoms with Crippen LogP contribution in [-0.2, 0) is 0 Å². The van der Waals surface area contributed by atoms with Crippen LogP contribution in [0.3, 0.4) is 0 Å². The van der Waals surface area contributed by atoms with Gasteiger partial charge in [-0.15, -0.1) is 0 Å². The van der Waals surface area contributed by atoms with Crippen LogP contribution in [0.2, 0.25) is 0 Å². The van der Waals surface area contributed by atoms with Crippen molar-refractivity contribution < 1.29 is 4.42 Å². The third-order valence-electron chi connectivity index (χ3n) is 10.7. The molecule has 0 aliphatic rings. The highest BCUT2D eigenvalue weighted by Crippen LogP contribution is 2.45. The number of benzene rings is 8. The van der Waals surface area contributed by atoms with Crippen molar-refractivity contribution in [3.05, 3.63) is 188 Å². The van der Waals surface area contributed by atoms with Crippen LogP contribution in [0.15, 0.2) is 192 Å². The molecule has 0 aliphatic heterocycles. The van der Waals surface area contributed by atoms with Crippen LogP contribution < -0.4 is 0 Å². The summed E-state index contributed by atoms with van der Waals surface area (Å²) in [5.41, 5.74) is 11.3. The molecule has 0 unspecified atom stereocenters. The maximum atomic E-state index is 6.87. The second-order valence-corrected chi connectivity index (χ2v) is 13.9. The molecule has 3 heterocycles. The molecule has 0 aliphatic carbocycles. The summed E-state index contributed by atoms with van der Waals surface area (Å²) in [7, 11) is 0. The lowest BCUT2D eigenvalue weighted by atomic mass is 9.90. The third kappa shape index (κ3) is 5.19. The Bertz CT molecular complexity index is 3200. The summed E-state index contributed by atoms with van der Waals surface area (Å²) in [5.74, 6) is 0.654. The monoisotopic (exact) mass is 701 g/mol. The lowest BCUT2D eigenvalue weighted by Gasteiger charge is -2.14. The molecule has 0 saturated carbocycles. The van der Waals surface area contributed by atoms with Gasteiger partial charge in [-0.3, -0.25) is 0 Å². The van der Waals surface area contributed by atoms with Crippen LogP contribution in [0.5, 0.6) is 0 Å². The van der Waals surface area contributed by atoms with Gasteiger partial charge in [-0.05, 0) is 63.0 Å². The van der Waals surface area contributed by atoms with Crippen molar-refractivity contribution in [1.29, 1.82) is 0 Å². The van der Waals surface area contributed by atoms with Crippen molar-refractivity contribution >= 4 is 54.4 Å². The van der Waals surface area contributed by atoms with Crippen molar-refractivity contribution in [3.8, 4) is 56.3 Å². The number of hydrogen-bond acceptors (Lipinski definition) is 4. The van der Waals surface area contributed by atoms with Gasteiger partial charge in [-0.1, -0.05) is 158 Å². The number of hydrogen-bond donors (Lipinski definition) is 0. The molecule has 4 nitrogen and oxygen atoms in total. The van der Waals surface area contributed by atoms with E-state index in [0.29, 0.717) is 5.82 Å². The van der Waals surface area contributed by atoms with E-state index in [1.165, 1.54) is 21.5 Å². The number of aromatic nitrogens is 3. The molecule has 4 heteroatoms. The van der Waals surface area contributed by atoms with E-state index in [-0.39, 0.29) is 0 Å². The standard InChI is InChI=1S/C51H31N3O/c1-3-15-32(16-4-1)44-31-45(33-17-5-2-6-18-33)54-51(53-44)36-21-13-20-35(29-36)49-48-41-25-11-12-28-46(41)55-50(48)47-40(26-14-27-43(47)52-49)42-30-34-19-7-8-22-37(34)38-23-9-10-24-39(38)42/h1-31H. The molecular weight excluding hydrogens is 671 g/mol. The minimum Gasteiger partial charge on any atom is -0.455 e. The lowest BCUT2D eigenvalue weighted by molar-refractivity contribution is 0.672. The number of nitrogens with zero attached hydrogens (tertiary/aromatic N) is 3.